The van der Waals surface area contributed by atoms with E-state index in [1.807, 2.05) is 0 Å². The van der Waals surface area contributed by atoms with E-state index < -0.39 is 18.3 Å². The van der Waals surface area contributed by atoms with Crippen molar-refractivity contribution in [1.82, 2.24) is 9.91 Å². The van der Waals surface area contributed by atoms with Crippen LogP contribution in [0.4, 0.5) is 22.0 Å². The van der Waals surface area contributed by atoms with Crippen LogP contribution in [0.5, 0.6) is 0 Å². The lowest BCUT2D eigenvalue weighted by Crippen LogP contribution is -2.58. The normalized spacial score (nSPS) is 22.7. The van der Waals surface area contributed by atoms with Crippen molar-refractivity contribution in [3.05, 3.63) is 0 Å². The zero-order valence-corrected chi connectivity index (χ0v) is 8.09. The van der Waals surface area contributed by atoms with Gasteiger partial charge in [-0.15, -0.1) is 0 Å². The summed E-state index contributed by atoms with van der Waals surface area (Å²) in [6, 6.07) is 0. The van der Waals surface area contributed by atoms with E-state index in [2.05, 4.69) is 5.10 Å². The smallest absolute Gasteiger partial charge is 0.334 e. The Kier molecular flexibility index (Phi) is 2.79. The topological polar surface area (TPSA) is 18.8 Å². The van der Waals surface area contributed by atoms with Gasteiger partial charge in [-0.2, -0.15) is 27.1 Å². The van der Waals surface area contributed by atoms with Gasteiger partial charge in [0.1, 0.15) is 6.34 Å². The molecule has 0 radical (unpaired) electrons. The fourth-order valence-corrected chi connectivity index (χ4v) is 1.33. The van der Waals surface area contributed by atoms with Gasteiger partial charge in [0.05, 0.1) is 0 Å². The van der Waals surface area contributed by atoms with Crippen LogP contribution in [0, 0.1) is 0 Å². The molecule has 0 N–H and O–H groups in total. The molecule has 0 aromatic rings. The summed E-state index contributed by atoms with van der Waals surface area (Å²) in [7, 11) is 1.08. The Labute approximate surface area is 83.1 Å². The van der Waals surface area contributed by atoms with Crippen molar-refractivity contribution in [3.63, 3.8) is 0 Å². The lowest BCUT2D eigenvalue weighted by molar-refractivity contribution is -0.312. The third-order valence-electron chi connectivity index (χ3n) is 2.12. The number of alkyl halides is 5. The van der Waals surface area contributed by atoms with Gasteiger partial charge in [-0.05, 0) is 6.92 Å². The monoisotopic (exact) mass is 231 g/mol. The summed E-state index contributed by atoms with van der Waals surface area (Å²) in [5, 5.41) is 4.01. The number of hydrogen-bond donors (Lipinski definition) is 0. The Bertz CT molecular complexity index is 262. The van der Waals surface area contributed by atoms with E-state index in [0.29, 0.717) is 5.01 Å². The molecule has 0 saturated heterocycles. The molecule has 0 aromatic carbocycles. The molecule has 0 saturated carbocycles. The Morgan fingerprint density at radius 2 is 1.80 bits per heavy atom. The minimum atomic E-state index is -5.58. The first-order chi connectivity index (χ1) is 6.71. The Hall–Kier alpha value is -1.08. The molecular weight excluding hydrogens is 221 g/mol. The van der Waals surface area contributed by atoms with Gasteiger partial charge >= 0.3 is 12.1 Å². The van der Waals surface area contributed by atoms with E-state index >= 15 is 0 Å². The summed E-state index contributed by atoms with van der Waals surface area (Å²) in [6.07, 6.45) is -6.69. The van der Waals surface area contributed by atoms with Crippen LogP contribution in [-0.2, 0) is 0 Å². The van der Waals surface area contributed by atoms with Crippen molar-refractivity contribution in [2.75, 3.05) is 13.6 Å². The van der Waals surface area contributed by atoms with Crippen LogP contribution < -0.4 is 0 Å². The van der Waals surface area contributed by atoms with Crippen LogP contribution in [0.2, 0.25) is 0 Å². The first kappa shape index (κ1) is 12.0. The Morgan fingerprint density at radius 1 is 1.27 bits per heavy atom. The van der Waals surface area contributed by atoms with E-state index in [-0.39, 0.29) is 6.54 Å². The lowest BCUT2D eigenvalue weighted by Gasteiger charge is -2.34. The standard InChI is InChI=1S/C7H10F5N3/c1-3-15-4-13-14(2)5(15)6(8,9)7(10,11)12/h4-5H,3H2,1-2H3. The van der Waals surface area contributed by atoms with Gasteiger partial charge in [0.25, 0.3) is 0 Å². The van der Waals surface area contributed by atoms with Crippen LogP contribution in [0.3, 0.4) is 0 Å². The van der Waals surface area contributed by atoms with Crippen molar-refractivity contribution in [3.8, 4) is 0 Å². The zero-order chi connectivity index (χ0) is 11.9. The van der Waals surface area contributed by atoms with Crippen LogP contribution in [0.25, 0.3) is 0 Å². The van der Waals surface area contributed by atoms with Gasteiger partial charge in [-0.25, -0.2) is 0 Å². The highest BCUT2D eigenvalue weighted by Crippen LogP contribution is 2.41. The third kappa shape index (κ3) is 1.84. The highest BCUT2D eigenvalue weighted by atomic mass is 19.4. The lowest BCUT2D eigenvalue weighted by atomic mass is 10.2. The van der Waals surface area contributed by atoms with Crippen molar-refractivity contribution < 1.29 is 22.0 Å². The maximum atomic E-state index is 13.0. The molecule has 0 aromatic heterocycles. The summed E-state index contributed by atoms with van der Waals surface area (Å²) in [4.78, 5) is 0.841. The largest absolute Gasteiger partial charge is 0.457 e. The van der Waals surface area contributed by atoms with Gasteiger partial charge < -0.3 is 4.90 Å². The van der Waals surface area contributed by atoms with E-state index in [1.165, 1.54) is 6.92 Å². The summed E-state index contributed by atoms with van der Waals surface area (Å²) >= 11 is 0. The molecule has 0 fully saturated rings. The Morgan fingerprint density at radius 3 is 2.20 bits per heavy atom. The highest BCUT2D eigenvalue weighted by molar-refractivity contribution is 5.57. The first-order valence-electron chi connectivity index (χ1n) is 4.19. The molecule has 1 rings (SSSR count). The predicted octanol–water partition coefficient (Wildman–Crippen LogP) is 1.72. The van der Waals surface area contributed by atoms with E-state index in [4.69, 9.17) is 0 Å². The maximum Gasteiger partial charge on any atom is 0.457 e. The fraction of sp³-hybridized carbons (Fsp3) is 0.857. The molecule has 15 heavy (non-hydrogen) atoms. The molecule has 1 aliphatic heterocycles. The molecule has 1 heterocycles. The maximum absolute atomic E-state index is 13.0. The van der Waals surface area contributed by atoms with Crippen molar-refractivity contribution >= 4 is 6.34 Å². The summed E-state index contributed by atoms with van der Waals surface area (Å²) in [5.41, 5.74) is 0. The first-order valence-corrected chi connectivity index (χ1v) is 4.19. The van der Waals surface area contributed by atoms with Crippen molar-refractivity contribution in [2.24, 2.45) is 5.10 Å². The number of rotatable bonds is 2. The molecule has 0 aliphatic carbocycles. The molecule has 1 unspecified atom stereocenters. The SMILES string of the molecule is CCN1C=NN(C)C1C(F)(F)C(F)(F)F. The summed E-state index contributed by atoms with van der Waals surface area (Å²) in [6.45, 7) is 1.51. The average Bonchev–Trinajstić information content (AvgIpc) is 2.44. The second-order valence-electron chi connectivity index (χ2n) is 3.13. The van der Waals surface area contributed by atoms with Crippen LogP contribution in [-0.4, -0.2) is 48.1 Å². The molecule has 3 nitrogen and oxygen atoms in total. The van der Waals surface area contributed by atoms with Gasteiger partial charge in [0.15, 0.2) is 6.17 Å². The molecule has 1 atom stereocenters. The van der Waals surface area contributed by atoms with E-state index in [0.717, 1.165) is 18.3 Å². The molecule has 0 spiro atoms. The van der Waals surface area contributed by atoms with Gasteiger partial charge in [0, 0.05) is 13.6 Å². The minimum Gasteiger partial charge on any atom is -0.334 e. The second-order valence-corrected chi connectivity index (χ2v) is 3.13. The molecule has 0 bridgehead atoms. The molecule has 88 valence electrons. The molecular formula is C7H10F5N3. The van der Waals surface area contributed by atoms with Gasteiger partial charge in [-0.3, -0.25) is 5.01 Å². The van der Waals surface area contributed by atoms with Crippen molar-refractivity contribution in [1.29, 1.82) is 0 Å². The van der Waals surface area contributed by atoms with Crippen LogP contribution in [0.1, 0.15) is 6.92 Å². The van der Waals surface area contributed by atoms with Crippen LogP contribution >= 0.6 is 0 Å². The number of nitrogens with zero attached hydrogens (tertiary/aromatic N) is 3. The van der Waals surface area contributed by atoms with Crippen LogP contribution in [0.15, 0.2) is 5.10 Å². The predicted molar refractivity (Wildman–Crippen MR) is 43.4 cm³/mol. The number of halogens is 5. The second kappa shape index (κ2) is 3.49. The summed E-state index contributed by atoms with van der Waals surface area (Å²) in [5.74, 6) is -4.81. The minimum absolute atomic E-state index is 0.0319. The van der Waals surface area contributed by atoms with Crippen molar-refractivity contribution in [2.45, 2.75) is 25.2 Å². The summed E-state index contributed by atoms with van der Waals surface area (Å²) < 4.78 is 62.4. The van der Waals surface area contributed by atoms with E-state index in [1.54, 1.807) is 0 Å². The fourth-order valence-electron chi connectivity index (χ4n) is 1.33. The van der Waals surface area contributed by atoms with E-state index in [9.17, 15) is 22.0 Å². The average molecular weight is 231 g/mol. The quantitative estimate of drug-likeness (QED) is 0.674. The molecule has 0 amide bonds. The zero-order valence-electron chi connectivity index (χ0n) is 8.09. The third-order valence-corrected chi connectivity index (χ3v) is 2.12. The molecule has 1 aliphatic rings. The van der Waals surface area contributed by atoms with Gasteiger partial charge in [-0.1, -0.05) is 0 Å². The highest BCUT2D eigenvalue weighted by Gasteiger charge is 2.66. The molecule has 8 heteroatoms. The number of hydrazone groups is 1. The van der Waals surface area contributed by atoms with Gasteiger partial charge in [0.2, 0.25) is 0 Å². The number of hydrogen-bond acceptors (Lipinski definition) is 3. The Balaban J connectivity index is 2.96.